The van der Waals surface area contributed by atoms with Crippen molar-refractivity contribution in [2.24, 2.45) is 0 Å². The molecule has 0 N–H and O–H groups in total. The van der Waals surface area contributed by atoms with Gasteiger partial charge in [0.2, 0.25) is 0 Å². The van der Waals surface area contributed by atoms with Gasteiger partial charge in [-0.3, -0.25) is 0 Å². The molecule has 2 aromatic rings. The molecule has 0 aliphatic rings. The lowest BCUT2D eigenvalue weighted by Gasteiger charge is -1.92. The molecule has 2 heteroatoms. The Morgan fingerprint density at radius 3 is 2.73 bits per heavy atom. The minimum absolute atomic E-state index is 1.38. The highest BCUT2D eigenvalue weighted by Crippen LogP contribution is 2.29. The molecule has 0 bridgehead atoms. The van der Waals surface area contributed by atoms with Gasteiger partial charge in [-0.25, -0.2) is 0 Å². The molecule has 0 nitrogen and oxygen atoms in total. The van der Waals surface area contributed by atoms with Crippen LogP contribution in [-0.4, -0.2) is 0 Å². The van der Waals surface area contributed by atoms with E-state index in [0.717, 1.165) is 0 Å². The molecule has 0 aliphatic carbocycles. The Kier molecular flexibility index (Phi) is 1.80. The summed E-state index contributed by atoms with van der Waals surface area (Å²) in [5.74, 6) is 0. The monoisotopic (exact) mass is 180 g/mol. The fourth-order valence-electron chi connectivity index (χ4n) is 1.04. The van der Waals surface area contributed by atoms with E-state index < -0.39 is 0 Å². The van der Waals surface area contributed by atoms with E-state index in [1.165, 1.54) is 16.0 Å². The van der Waals surface area contributed by atoms with Gasteiger partial charge in [-0.2, -0.15) is 11.3 Å². The van der Waals surface area contributed by atoms with E-state index in [-0.39, 0.29) is 0 Å². The topological polar surface area (TPSA) is 0 Å². The van der Waals surface area contributed by atoms with Gasteiger partial charge in [-0.05, 0) is 34.7 Å². The number of aryl methyl sites for hydroxylation is 1. The largest absolute Gasteiger partial charge is 0.151 e. The summed E-state index contributed by atoms with van der Waals surface area (Å²) in [6.07, 6.45) is 0. The van der Waals surface area contributed by atoms with Crippen molar-refractivity contribution in [1.82, 2.24) is 0 Å². The normalized spacial score (nSPS) is 10.3. The van der Waals surface area contributed by atoms with E-state index in [4.69, 9.17) is 0 Å². The van der Waals surface area contributed by atoms with Crippen molar-refractivity contribution in [3.63, 3.8) is 0 Å². The molecule has 0 saturated heterocycles. The quantitative estimate of drug-likeness (QED) is 0.626. The fraction of sp³-hybridized carbons (Fsp3) is 0.111. The first-order valence-corrected chi connectivity index (χ1v) is 5.27. The zero-order chi connectivity index (χ0) is 7.68. The number of rotatable bonds is 1. The molecule has 2 aromatic heterocycles. The highest BCUT2D eigenvalue weighted by molar-refractivity contribution is 7.14. The summed E-state index contributed by atoms with van der Waals surface area (Å²) in [5.41, 5.74) is 2.78. The third-order valence-electron chi connectivity index (χ3n) is 1.64. The second-order valence-corrected chi connectivity index (χ2v) is 4.14. The summed E-state index contributed by atoms with van der Waals surface area (Å²) >= 11 is 3.57. The predicted molar refractivity (Wildman–Crippen MR) is 52.4 cm³/mol. The van der Waals surface area contributed by atoms with Gasteiger partial charge in [-0.1, -0.05) is 6.07 Å². The van der Waals surface area contributed by atoms with Gasteiger partial charge in [0.1, 0.15) is 0 Å². The van der Waals surface area contributed by atoms with Gasteiger partial charge in [0.05, 0.1) is 0 Å². The number of hydrogen-bond donors (Lipinski definition) is 0. The van der Waals surface area contributed by atoms with Crippen LogP contribution < -0.4 is 0 Å². The summed E-state index contributed by atoms with van der Waals surface area (Å²) in [5, 5.41) is 6.52. The second kappa shape index (κ2) is 2.80. The molecule has 0 unspecified atom stereocenters. The van der Waals surface area contributed by atoms with Gasteiger partial charge < -0.3 is 0 Å². The maximum Gasteiger partial charge on any atom is 0.0353 e. The van der Waals surface area contributed by atoms with Crippen LogP contribution in [0.15, 0.2) is 28.3 Å². The van der Waals surface area contributed by atoms with E-state index in [1.54, 1.807) is 22.7 Å². The minimum Gasteiger partial charge on any atom is -0.151 e. The number of hydrogen-bond acceptors (Lipinski definition) is 2. The van der Waals surface area contributed by atoms with Crippen molar-refractivity contribution >= 4 is 22.7 Å². The SMILES string of the molecule is Cc1cscc1-c1cccs1. The first kappa shape index (κ1) is 7.07. The Morgan fingerprint density at radius 2 is 2.18 bits per heavy atom. The van der Waals surface area contributed by atoms with Gasteiger partial charge in [0.15, 0.2) is 0 Å². The maximum absolute atomic E-state index is 2.21. The molecular weight excluding hydrogens is 172 g/mol. The van der Waals surface area contributed by atoms with Gasteiger partial charge in [0.25, 0.3) is 0 Å². The molecule has 56 valence electrons. The Labute approximate surface area is 74.1 Å². The van der Waals surface area contributed by atoms with Crippen LogP contribution in [0.1, 0.15) is 5.56 Å². The summed E-state index contributed by atoms with van der Waals surface area (Å²) in [6, 6.07) is 4.26. The summed E-state index contributed by atoms with van der Waals surface area (Å²) < 4.78 is 0. The Bertz CT molecular complexity index is 330. The summed E-state index contributed by atoms with van der Waals surface area (Å²) in [6.45, 7) is 2.16. The van der Waals surface area contributed by atoms with Gasteiger partial charge in [0, 0.05) is 10.4 Å². The third-order valence-corrected chi connectivity index (χ3v) is 3.41. The first-order valence-electron chi connectivity index (χ1n) is 3.44. The van der Waals surface area contributed by atoms with Crippen molar-refractivity contribution in [2.45, 2.75) is 6.92 Å². The number of thiophene rings is 2. The third kappa shape index (κ3) is 1.24. The van der Waals surface area contributed by atoms with Crippen LogP contribution in [0.3, 0.4) is 0 Å². The predicted octanol–water partition coefficient (Wildman–Crippen LogP) is 3.79. The molecule has 0 atom stereocenters. The van der Waals surface area contributed by atoms with Crippen molar-refractivity contribution in [1.29, 1.82) is 0 Å². The lowest BCUT2D eigenvalue weighted by molar-refractivity contribution is 1.56. The zero-order valence-electron chi connectivity index (χ0n) is 6.20. The molecule has 11 heavy (non-hydrogen) atoms. The highest BCUT2D eigenvalue weighted by atomic mass is 32.1. The molecular formula is C9H8S2. The summed E-state index contributed by atoms with van der Waals surface area (Å²) in [7, 11) is 0. The zero-order valence-corrected chi connectivity index (χ0v) is 7.84. The van der Waals surface area contributed by atoms with Crippen molar-refractivity contribution in [2.75, 3.05) is 0 Å². The molecule has 0 radical (unpaired) electrons. The van der Waals surface area contributed by atoms with E-state index in [2.05, 4.69) is 35.2 Å². The molecule has 0 aliphatic heterocycles. The molecule has 0 aromatic carbocycles. The van der Waals surface area contributed by atoms with E-state index in [0.29, 0.717) is 0 Å². The van der Waals surface area contributed by atoms with Crippen molar-refractivity contribution in [3.8, 4) is 10.4 Å². The van der Waals surface area contributed by atoms with Crippen LogP contribution in [-0.2, 0) is 0 Å². The van der Waals surface area contributed by atoms with Crippen LogP contribution in [0, 0.1) is 6.92 Å². The van der Waals surface area contributed by atoms with Crippen molar-refractivity contribution < 1.29 is 0 Å². The minimum atomic E-state index is 1.38. The van der Waals surface area contributed by atoms with Gasteiger partial charge in [-0.15, -0.1) is 11.3 Å². The van der Waals surface area contributed by atoms with Crippen LogP contribution in [0.5, 0.6) is 0 Å². The molecule has 0 spiro atoms. The molecule has 0 fully saturated rings. The Hall–Kier alpha value is -0.600. The average Bonchev–Trinajstić information content (AvgIpc) is 2.55. The maximum atomic E-state index is 2.21. The smallest absolute Gasteiger partial charge is 0.0353 e. The first-order chi connectivity index (χ1) is 5.38. The molecule has 0 amide bonds. The Balaban J connectivity index is 2.53. The van der Waals surface area contributed by atoms with Crippen LogP contribution in [0.2, 0.25) is 0 Å². The summed E-state index contributed by atoms with van der Waals surface area (Å²) in [4.78, 5) is 1.38. The highest BCUT2D eigenvalue weighted by Gasteiger charge is 2.01. The lowest BCUT2D eigenvalue weighted by Crippen LogP contribution is -1.68. The average molecular weight is 180 g/mol. The second-order valence-electron chi connectivity index (χ2n) is 2.45. The van der Waals surface area contributed by atoms with Crippen LogP contribution in [0.4, 0.5) is 0 Å². The van der Waals surface area contributed by atoms with Crippen molar-refractivity contribution in [3.05, 3.63) is 33.8 Å². The van der Waals surface area contributed by atoms with E-state index in [9.17, 15) is 0 Å². The van der Waals surface area contributed by atoms with E-state index >= 15 is 0 Å². The standard InChI is InChI=1S/C9H8S2/c1-7-5-10-6-8(7)9-3-2-4-11-9/h2-6H,1H3. The molecule has 2 heterocycles. The van der Waals surface area contributed by atoms with Crippen LogP contribution >= 0.6 is 22.7 Å². The fourth-order valence-corrected chi connectivity index (χ4v) is 2.78. The van der Waals surface area contributed by atoms with Crippen LogP contribution in [0.25, 0.3) is 10.4 Å². The van der Waals surface area contributed by atoms with E-state index in [1.807, 2.05) is 0 Å². The molecule has 2 rings (SSSR count). The Morgan fingerprint density at radius 1 is 1.27 bits per heavy atom. The lowest BCUT2D eigenvalue weighted by atomic mass is 10.2. The van der Waals surface area contributed by atoms with Gasteiger partial charge >= 0.3 is 0 Å². The molecule has 0 saturated carbocycles.